The summed E-state index contributed by atoms with van der Waals surface area (Å²) in [6.07, 6.45) is 6.38. The van der Waals surface area contributed by atoms with Crippen molar-refractivity contribution < 1.29 is 0 Å². The molecule has 1 unspecified atom stereocenters. The number of halogens is 1. The van der Waals surface area contributed by atoms with Gasteiger partial charge in [0.1, 0.15) is 11.3 Å². The number of alkyl halides is 1. The number of imidazole rings is 1. The van der Waals surface area contributed by atoms with E-state index in [1.165, 1.54) is 5.56 Å². The van der Waals surface area contributed by atoms with Crippen LogP contribution >= 0.6 is 11.6 Å². The van der Waals surface area contributed by atoms with Crippen molar-refractivity contribution in [1.29, 1.82) is 0 Å². The Morgan fingerprint density at radius 2 is 2.14 bits per heavy atom. The molecule has 108 valence electrons. The summed E-state index contributed by atoms with van der Waals surface area (Å²) in [7, 11) is 0. The van der Waals surface area contributed by atoms with E-state index in [9.17, 15) is 0 Å². The summed E-state index contributed by atoms with van der Waals surface area (Å²) in [6.45, 7) is 4.79. The lowest BCUT2D eigenvalue weighted by molar-refractivity contribution is 0.662. The molecule has 0 saturated heterocycles. The number of aromatic nitrogens is 4. The molecule has 0 aliphatic carbocycles. The average Bonchev–Trinajstić information content (AvgIpc) is 2.87. The fraction of sp³-hybridized carbons (Fsp3) is 0.312. The van der Waals surface area contributed by atoms with Gasteiger partial charge in [0, 0.05) is 25.1 Å². The molecule has 0 N–H and O–H groups in total. The van der Waals surface area contributed by atoms with Gasteiger partial charge in [-0.1, -0.05) is 6.07 Å². The molecule has 0 aliphatic heterocycles. The molecule has 0 fully saturated rings. The summed E-state index contributed by atoms with van der Waals surface area (Å²) in [6, 6.07) is 6.01. The van der Waals surface area contributed by atoms with Crippen LogP contribution in [0.2, 0.25) is 0 Å². The first-order chi connectivity index (χ1) is 10.2. The molecule has 0 saturated carbocycles. The van der Waals surface area contributed by atoms with Gasteiger partial charge in [0.05, 0.1) is 5.38 Å². The maximum atomic E-state index is 6.29. The van der Waals surface area contributed by atoms with Crippen molar-refractivity contribution in [2.45, 2.75) is 32.2 Å². The summed E-state index contributed by atoms with van der Waals surface area (Å²) < 4.78 is 2.12. The van der Waals surface area contributed by atoms with E-state index in [-0.39, 0.29) is 5.38 Å². The minimum absolute atomic E-state index is 0.146. The van der Waals surface area contributed by atoms with Crippen LogP contribution in [0.1, 0.15) is 29.3 Å². The molecule has 1 atom stereocenters. The van der Waals surface area contributed by atoms with Crippen molar-refractivity contribution in [3.05, 3.63) is 53.7 Å². The molecule has 3 heterocycles. The quantitative estimate of drug-likeness (QED) is 0.690. The third-order valence-electron chi connectivity index (χ3n) is 3.57. The molecule has 0 amide bonds. The van der Waals surface area contributed by atoms with Crippen molar-refractivity contribution in [3.63, 3.8) is 0 Å². The Hall–Kier alpha value is -1.94. The standard InChI is InChI=1S/C16H17ClN4/c1-11-5-8-19-16-14(11)20-15(12(2)17)21(16)9-6-13-4-3-7-18-10-13/h3-5,7-8,10,12H,6,9H2,1-2H3. The first-order valence-electron chi connectivity index (χ1n) is 7.01. The largest absolute Gasteiger partial charge is 0.311 e. The number of fused-ring (bicyclic) bond motifs is 1. The molecule has 21 heavy (non-hydrogen) atoms. The van der Waals surface area contributed by atoms with E-state index < -0.39 is 0 Å². The Kier molecular flexibility index (Phi) is 3.88. The van der Waals surface area contributed by atoms with Crippen LogP contribution in [0.15, 0.2) is 36.8 Å². The van der Waals surface area contributed by atoms with Crippen LogP contribution in [0, 0.1) is 6.92 Å². The van der Waals surface area contributed by atoms with Crippen LogP contribution in [0.5, 0.6) is 0 Å². The number of rotatable bonds is 4. The molecule has 3 rings (SSSR count). The third-order valence-corrected chi connectivity index (χ3v) is 3.76. The van der Waals surface area contributed by atoms with Gasteiger partial charge in [0.2, 0.25) is 0 Å². The second-order valence-electron chi connectivity index (χ2n) is 5.15. The Morgan fingerprint density at radius 3 is 2.86 bits per heavy atom. The van der Waals surface area contributed by atoms with E-state index in [4.69, 9.17) is 11.6 Å². The van der Waals surface area contributed by atoms with Gasteiger partial charge < -0.3 is 4.57 Å². The molecule has 0 aliphatic rings. The second kappa shape index (κ2) is 5.82. The summed E-state index contributed by atoms with van der Waals surface area (Å²) in [5, 5.41) is -0.146. The maximum Gasteiger partial charge on any atom is 0.160 e. The molecule has 3 aromatic rings. The zero-order valence-electron chi connectivity index (χ0n) is 12.1. The van der Waals surface area contributed by atoms with Crippen LogP contribution < -0.4 is 0 Å². The fourth-order valence-electron chi connectivity index (χ4n) is 2.47. The lowest BCUT2D eigenvalue weighted by Crippen LogP contribution is -2.07. The van der Waals surface area contributed by atoms with E-state index in [2.05, 4.69) is 25.6 Å². The Bertz CT molecular complexity index is 750. The van der Waals surface area contributed by atoms with Crippen molar-refractivity contribution in [2.75, 3.05) is 0 Å². The van der Waals surface area contributed by atoms with Gasteiger partial charge in [-0.3, -0.25) is 4.98 Å². The fourth-order valence-corrected chi connectivity index (χ4v) is 2.63. The van der Waals surface area contributed by atoms with Gasteiger partial charge in [-0.25, -0.2) is 9.97 Å². The molecule has 4 nitrogen and oxygen atoms in total. The van der Waals surface area contributed by atoms with Gasteiger partial charge in [0.15, 0.2) is 5.65 Å². The van der Waals surface area contributed by atoms with Gasteiger partial charge in [0.25, 0.3) is 0 Å². The lowest BCUT2D eigenvalue weighted by Gasteiger charge is -2.09. The topological polar surface area (TPSA) is 43.6 Å². The van der Waals surface area contributed by atoms with Crippen molar-refractivity contribution in [3.8, 4) is 0 Å². The second-order valence-corrected chi connectivity index (χ2v) is 5.80. The van der Waals surface area contributed by atoms with E-state index in [1.54, 1.807) is 6.20 Å². The van der Waals surface area contributed by atoms with Gasteiger partial charge in [-0.05, 0) is 43.5 Å². The highest BCUT2D eigenvalue weighted by molar-refractivity contribution is 6.20. The molecule has 0 bridgehead atoms. The first-order valence-corrected chi connectivity index (χ1v) is 7.45. The SMILES string of the molecule is Cc1ccnc2c1nc(C(C)Cl)n2CCc1cccnc1. The summed E-state index contributed by atoms with van der Waals surface area (Å²) in [5.41, 5.74) is 4.16. The normalized spacial score (nSPS) is 12.7. The average molecular weight is 301 g/mol. The predicted octanol–water partition coefficient (Wildman–Crippen LogP) is 3.68. The van der Waals surface area contributed by atoms with E-state index in [0.717, 1.165) is 35.5 Å². The summed E-state index contributed by atoms with van der Waals surface area (Å²) in [4.78, 5) is 13.3. The zero-order chi connectivity index (χ0) is 14.8. The Morgan fingerprint density at radius 1 is 1.29 bits per heavy atom. The third kappa shape index (κ3) is 2.76. The highest BCUT2D eigenvalue weighted by atomic mass is 35.5. The van der Waals surface area contributed by atoms with Crippen LogP contribution in [0.4, 0.5) is 0 Å². The molecular weight excluding hydrogens is 284 g/mol. The molecule has 0 radical (unpaired) electrons. The molecular formula is C16H17ClN4. The van der Waals surface area contributed by atoms with Crippen LogP contribution in [0.25, 0.3) is 11.2 Å². The van der Waals surface area contributed by atoms with Crippen LogP contribution in [-0.2, 0) is 13.0 Å². The van der Waals surface area contributed by atoms with E-state index in [1.807, 2.05) is 38.4 Å². The summed E-state index contributed by atoms with van der Waals surface area (Å²) >= 11 is 6.29. The van der Waals surface area contributed by atoms with Crippen LogP contribution in [-0.4, -0.2) is 19.5 Å². The highest BCUT2D eigenvalue weighted by Crippen LogP contribution is 2.25. The van der Waals surface area contributed by atoms with E-state index >= 15 is 0 Å². The number of hydrogen-bond donors (Lipinski definition) is 0. The Balaban J connectivity index is 2.00. The van der Waals surface area contributed by atoms with Crippen molar-refractivity contribution >= 4 is 22.8 Å². The maximum absolute atomic E-state index is 6.29. The number of nitrogens with zero attached hydrogens (tertiary/aromatic N) is 4. The minimum Gasteiger partial charge on any atom is -0.311 e. The molecule has 0 aromatic carbocycles. The van der Waals surface area contributed by atoms with Crippen molar-refractivity contribution in [1.82, 2.24) is 19.5 Å². The summed E-state index contributed by atoms with van der Waals surface area (Å²) in [5.74, 6) is 0.873. The van der Waals surface area contributed by atoms with Gasteiger partial charge in [-0.15, -0.1) is 11.6 Å². The number of pyridine rings is 2. The molecule has 3 aromatic heterocycles. The predicted molar refractivity (Wildman–Crippen MR) is 84.5 cm³/mol. The van der Waals surface area contributed by atoms with Crippen LogP contribution in [0.3, 0.4) is 0 Å². The first kappa shape index (κ1) is 14.0. The number of aryl methyl sites for hydroxylation is 3. The lowest BCUT2D eigenvalue weighted by atomic mass is 10.2. The van der Waals surface area contributed by atoms with Gasteiger partial charge >= 0.3 is 0 Å². The molecule has 5 heteroatoms. The highest BCUT2D eigenvalue weighted by Gasteiger charge is 2.16. The monoisotopic (exact) mass is 300 g/mol. The minimum atomic E-state index is -0.146. The smallest absolute Gasteiger partial charge is 0.160 e. The molecule has 0 spiro atoms. The van der Waals surface area contributed by atoms with Crippen molar-refractivity contribution in [2.24, 2.45) is 0 Å². The van der Waals surface area contributed by atoms with E-state index in [0.29, 0.717) is 0 Å². The number of hydrogen-bond acceptors (Lipinski definition) is 3. The van der Waals surface area contributed by atoms with Gasteiger partial charge in [-0.2, -0.15) is 0 Å². The zero-order valence-corrected chi connectivity index (χ0v) is 12.9. The Labute approximate surface area is 128 Å².